The first-order valence-corrected chi connectivity index (χ1v) is 5.11. The summed E-state index contributed by atoms with van der Waals surface area (Å²) in [5.41, 5.74) is 5.54. The predicted octanol–water partition coefficient (Wildman–Crippen LogP) is -0.425. The van der Waals surface area contributed by atoms with Crippen molar-refractivity contribution in [3.05, 3.63) is 22.6 Å². The smallest absolute Gasteiger partial charge is 0.268 e. The highest BCUT2D eigenvalue weighted by molar-refractivity contribution is 5.73. The zero-order valence-electron chi connectivity index (χ0n) is 9.51. The van der Waals surface area contributed by atoms with Crippen LogP contribution in [-0.4, -0.2) is 29.3 Å². The Balaban J connectivity index is 2.83. The number of aromatic nitrogens is 2. The van der Waals surface area contributed by atoms with E-state index in [4.69, 9.17) is 5.73 Å². The van der Waals surface area contributed by atoms with Crippen LogP contribution in [0, 0.1) is 0 Å². The summed E-state index contributed by atoms with van der Waals surface area (Å²) in [4.78, 5) is 24.1. The van der Waals surface area contributed by atoms with Crippen LogP contribution < -0.4 is 16.2 Å². The van der Waals surface area contributed by atoms with Crippen molar-refractivity contribution < 1.29 is 4.79 Å². The summed E-state index contributed by atoms with van der Waals surface area (Å²) in [6.45, 7) is 3.01. The molecule has 0 aliphatic heterocycles. The van der Waals surface area contributed by atoms with Gasteiger partial charge in [0, 0.05) is 26.1 Å². The molecule has 1 aromatic heterocycles. The molecule has 1 aromatic rings. The normalized spacial score (nSPS) is 10.1. The first kappa shape index (κ1) is 12.2. The average molecular weight is 224 g/mol. The van der Waals surface area contributed by atoms with Crippen molar-refractivity contribution in [2.45, 2.75) is 19.9 Å². The molecule has 2 N–H and O–H groups in total. The highest BCUT2D eigenvalue weighted by Gasteiger charge is 2.04. The summed E-state index contributed by atoms with van der Waals surface area (Å²) in [5.74, 6) is -0.441. The van der Waals surface area contributed by atoms with Crippen LogP contribution in [0.1, 0.15) is 13.3 Å². The van der Waals surface area contributed by atoms with E-state index in [1.165, 1.54) is 10.7 Å². The van der Waals surface area contributed by atoms with Gasteiger partial charge in [-0.2, -0.15) is 5.10 Å². The topological polar surface area (TPSA) is 81.2 Å². The number of rotatable bonds is 5. The maximum atomic E-state index is 11.6. The summed E-state index contributed by atoms with van der Waals surface area (Å²) in [5, 5.41) is 3.97. The molecule has 0 saturated carbocycles. The van der Waals surface area contributed by atoms with Gasteiger partial charge in [0.2, 0.25) is 5.91 Å². The van der Waals surface area contributed by atoms with E-state index in [0.717, 1.165) is 12.2 Å². The molecule has 0 unspecified atom stereocenters. The van der Waals surface area contributed by atoms with Crippen LogP contribution in [0.15, 0.2) is 17.1 Å². The second kappa shape index (κ2) is 5.29. The SMILES string of the molecule is CCN(C)c1cnn(CCC(N)=O)c(=O)c1. The van der Waals surface area contributed by atoms with Crippen LogP contribution in [0.2, 0.25) is 0 Å². The van der Waals surface area contributed by atoms with E-state index in [-0.39, 0.29) is 18.5 Å². The third-order valence-corrected chi connectivity index (χ3v) is 2.34. The minimum Gasteiger partial charge on any atom is -0.373 e. The number of primary amides is 1. The van der Waals surface area contributed by atoms with Crippen LogP contribution >= 0.6 is 0 Å². The molecule has 6 nitrogen and oxygen atoms in total. The third kappa shape index (κ3) is 3.08. The minimum absolute atomic E-state index is 0.121. The Labute approximate surface area is 93.7 Å². The first-order chi connectivity index (χ1) is 7.54. The molecule has 1 amide bonds. The van der Waals surface area contributed by atoms with Crippen molar-refractivity contribution in [1.29, 1.82) is 0 Å². The number of nitrogens with zero attached hydrogens (tertiary/aromatic N) is 3. The van der Waals surface area contributed by atoms with Gasteiger partial charge in [-0.15, -0.1) is 0 Å². The zero-order chi connectivity index (χ0) is 12.1. The largest absolute Gasteiger partial charge is 0.373 e. The highest BCUT2D eigenvalue weighted by Crippen LogP contribution is 2.05. The Morgan fingerprint density at radius 2 is 2.31 bits per heavy atom. The molecule has 0 aromatic carbocycles. The van der Waals surface area contributed by atoms with Gasteiger partial charge in [0.1, 0.15) is 0 Å². The lowest BCUT2D eigenvalue weighted by Crippen LogP contribution is -2.27. The fourth-order valence-electron chi connectivity index (χ4n) is 1.20. The molecule has 0 bridgehead atoms. The summed E-state index contributed by atoms with van der Waals surface area (Å²) in [6, 6.07) is 1.50. The first-order valence-electron chi connectivity index (χ1n) is 5.11. The van der Waals surface area contributed by atoms with Gasteiger partial charge in [-0.3, -0.25) is 9.59 Å². The third-order valence-electron chi connectivity index (χ3n) is 2.34. The van der Waals surface area contributed by atoms with Gasteiger partial charge >= 0.3 is 0 Å². The van der Waals surface area contributed by atoms with E-state index in [1.54, 1.807) is 6.20 Å². The van der Waals surface area contributed by atoms with Gasteiger partial charge < -0.3 is 10.6 Å². The minimum atomic E-state index is -0.441. The average Bonchev–Trinajstić information content (AvgIpc) is 2.26. The van der Waals surface area contributed by atoms with E-state index >= 15 is 0 Å². The number of hydrogen-bond acceptors (Lipinski definition) is 4. The van der Waals surface area contributed by atoms with Crippen LogP contribution in [0.4, 0.5) is 5.69 Å². The number of nitrogens with two attached hydrogens (primary N) is 1. The standard InChI is InChI=1S/C10H16N4O2/c1-3-13(2)8-6-10(16)14(12-7-8)5-4-9(11)15/h6-7H,3-5H2,1-2H3,(H2,11,15). The molecular weight excluding hydrogens is 208 g/mol. The van der Waals surface area contributed by atoms with E-state index < -0.39 is 5.91 Å². The highest BCUT2D eigenvalue weighted by atomic mass is 16.1. The maximum absolute atomic E-state index is 11.6. The van der Waals surface area contributed by atoms with Crippen molar-refractivity contribution in [3.63, 3.8) is 0 Å². The lowest BCUT2D eigenvalue weighted by molar-refractivity contribution is -0.118. The lowest BCUT2D eigenvalue weighted by Gasteiger charge is -2.16. The number of anilines is 1. The summed E-state index contributed by atoms with van der Waals surface area (Å²) < 4.78 is 1.23. The van der Waals surface area contributed by atoms with Crippen LogP contribution in [0.25, 0.3) is 0 Å². The number of hydrogen-bond donors (Lipinski definition) is 1. The second-order valence-corrected chi connectivity index (χ2v) is 3.51. The quantitative estimate of drug-likeness (QED) is 0.736. The van der Waals surface area contributed by atoms with Crippen LogP contribution in [0.5, 0.6) is 0 Å². The van der Waals surface area contributed by atoms with Gasteiger partial charge in [0.15, 0.2) is 0 Å². The Bertz CT molecular complexity index is 427. The molecule has 0 spiro atoms. The Morgan fingerprint density at radius 3 is 2.81 bits per heavy atom. The molecule has 0 fully saturated rings. The summed E-state index contributed by atoms with van der Waals surface area (Å²) in [6.07, 6.45) is 1.72. The molecule has 16 heavy (non-hydrogen) atoms. The molecule has 0 saturated heterocycles. The number of aryl methyl sites for hydroxylation is 1. The van der Waals surface area contributed by atoms with E-state index in [2.05, 4.69) is 5.10 Å². The Morgan fingerprint density at radius 1 is 1.62 bits per heavy atom. The molecular formula is C10H16N4O2. The van der Waals surface area contributed by atoms with Gasteiger partial charge in [-0.1, -0.05) is 0 Å². The number of amides is 1. The van der Waals surface area contributed by atoms with E-state index in [0.29, 0.717) is 0 Å². The lowest BCUT2D eigenvalue weighted by atomic mass is 10.4. The summed E-state index contributed by atoms with van der Waals surface area (Å²) in [7, 11) is 1.88. The monoisotopic (exact) mass is 224 g/mol. The molecule has 0 aliphatic rings. The van der Waals surface area contributed by atoms with Crippen molar-refractivity contribution in [2.24, 2.45) is 5.73 Å². The number of carbonyl (C=O) groups is 1. The summed E-state index contributed by atoms with van der Waals surface area (Å²) >= 11 is 0. The van der Waals surface area contributed by atoms with E-state index in [1.807, 2.05) is 18.9 Å². The number of carbonyl (C=O) groups excluding carboxylic acids is 1. The molecule has 0 aliphatic carbocycles. The van der Waals surface area contributed by atoms with Crippen molar-refractivity contribution in [1.82, 2.24) is 9.78 Å². The molecule has 1 heterocycles. The van der Waals surface area contributed by atoms with Gasteiger partial charge in [0.25, 0.3) is 5.56 Å². The fourth-order valence-corrected chi connectivity index (χ4v) is 1.20. The molecule has 0 radical (unpaired) electrons. The van der Waals surface area contributed by atoms with Crippen LogP contribution in [0.3, 0.4) is 0 Å². The predicted molar refractivity (Wildman–Crippen MR) is 61.3 cm³/mol. The second-order valence-electron chi connectivity index (χ2n) is 3.51. The van der Waals surface area contributed by atoms with Crippen LogP contribution in [-0.2, 0) is 11.3 Å². The zero-order valence-corrected chi connectivity index (χ0v) is 9.51. The molecule has 1 rings (SSSR count). The fraction of sp³-hybridized carbons (Fsp3) is 0.500. The van der Waals surface area contributed by atoms with Crippen molar-refractivity contribution in [3.8, 4) is 0 Å². The van der Waals surface area contributed by atoms with Gasteiger partial charge in [-0.25, -0.2) is 4.68 Å². The van der Waals surface area contributed by atoms with E-state index in [9.17, 15) is 9.59 Å². The molecule has 0 atom stereocenters. The van der Waals surface area contributed by atoms with Gasteiger partial charge in [-0.05, 0) is 6.92 Å². The van der Waals surface area contributed by atoms with Gasteiger partial charge in [0.05, 0.1) is 18.4 Å². The van der Waals surface area contributed by atoms with Crippen molar-refractivity contribution in [2.75, 3.05) is 18.5 Å². The maximum Gasteiger partial charge on any atom is 0.268 e. The Kier molecular flexibility index (Phi) is 4.04. The Hall–Kier alpha value is -1.85. The van der Waals surface area contributed by atoms with Crippen molar-refractivity contribution >= 4 is 11.6 Å². The molecule has 6 heteroatoms. The molecule has 88 valence electrons.